The SMILES string of the molecule is Cc1nc(N2CCN[C@@H](C)C2)ccc1C(=O)Nc1ccc(Cl)c(-c2ccccn2)c1. The summed E-state index contributed by atoms with van der Waals surface area (Å²) in [6, 6.07) is 15.2. The van der Waals surface area contributed by atoms with Gasteiger partial charge in [0.1, 0.15) is 5.82 Å². The summed E-state index contributed by atoms with van der Waals surface area (Å²) in [5.74, 6) is 0.704. The Bertz CT molecular complexity index is 1060. The van der Waals surface area contributed by atoms with Gasteiger partial charge in [-0.3, -0.25) is 9.78 Å². The number of carbonyl (C=O) groups is 1. The number of aromatic nitrogens is 2. The molecule has 1 aliphatic heterocycles. The first-order valence-corrected chi connectivity index (χ1v) is 10.4. The molecule has 3 aromatic rings. The summed E-state index contributed by atoms with van der Waals surface area (Å²) in [5.41, 5.74) is 3.44. The second-order valence-corrected chi connectivity index (χ2v) is 7.87. The molecule has 1 fully saturated rings. The molecule has 1 aromatic carbocycles. The lowest BCUT2D eigenvalue weighted by Crippen LogP contribution is -2.49. The van der Waals surface area contributed by atoms with Gasteiger partial charge in [0, 0.05) is 43.1 Å². The Morgan fingerprint density at radius 2 is 2.10 bits per heavy atom. The highest BCUT2D eigenvalue weighted by Gasteiger charge is 2.19. The Labute approximate surface area is 181 Å². The number of amides is 1. The van der Waals surface area contributed by atoms with E-state index in [4.69, 9.17) is 11.6 Å². The molecule has 7 heteroatoms. The largest absolute Gasteiger partial charge is 0.354 e. The van der Waals surface area contributed by atoms with E-state index >= 15 is 0 Å². The van der Waals surface area contributed by atoms with Gasteiger partial charge >= 0.3 is 0 Å². The molecule has 0 unspecified atom stereocenters. The molecule has 2 N–H and O–H groups in total. The maximum atomic E-state index is 12.9. The topological polar surface area (TPSA) is 70.2 Å². The van der Waals surface area contributed by atoms with Gasteiger partial charge in [-0.15, -0.1) is 0 Å². The zero-order chi connectivity index (χ0) is 21.1. The summed E-state index contributed by atoms with van der Waals surface area (Å²) in [6.45, 7) is 6.76. The minimum atomic E-state index is -0.200. The minimum absolute atomic E-state index is 0.200. The van der Waals surface area contributed by atoms with Crippen LogP contribution in [0.15, 0.2) is 54.7 Å². The number of pyridine rings is 2. The molecular formula is C23H24ClN5O. The third kappa shape index (κ3) is 4.45. The molecule has 0 saturated carbocycles. The average molecular weight is 422 g/mol. The summed E-state index contributed by atoms with van der Waals surface area (Å²) in [6.07, 6.45) is 1.71. The highest BCUT2D eigenvalue weighted by Crippen LogP contribution is 2.29. The summed E-state index contributed by atoms with van der Waals surface area (Å²) >= 11 is 6.34. The first kappa shape index (κ1) is 20.3. The number of aryl methyl sites for hydroxylation is 1. The molecule has 0 bridgehead atoms. The number of rotatable bonds is 4. The second kappa shape index (κ2) is 8.81. The van der Waals surface area contributed by atoms with Gasteiger partial charge in [-0.2, -0.15) is 0 Å². The van der Waals surface area contributed by atoms with Crippen LogP contribution in [0.5, 0.6) is 0 Å². The second-order valence-electron chi connectivity index (χ2n) is 7.47. The molecular weight excluding hydrogens is 398 g/mol. The van der Waals surface area contributed by atoms with Crippen molar-refractivity contribution < 1.29 is 4.79 Å². The van der Waals surface area contributed by atoms with E-state index in [1.54, 1.807) is 18.3 Å². The number of benzene rings is 1. The summed E-state index contributed by atoms with van der Waals surface area (Å²) in [5, 5.41) is 6.96. The summed E-state index contributed by atoms with van der Waals surface area (Å²) < 4.78 is 0. The number of halogens is 1. The van der Waals surface area contributed by atoms with E-state index in [1.165, 1.54) is 0 Å². The van der Waals surface area contributed by atoms with Crippen LogP contribution in [0, 0.1) is 6.92 Å². The standard InChI is InChI=1S/C23H24ClN5O/c1-15-14-29(12-11-25-15)22-9-7-18(16(2)27-22)23(30)28-17-6-8-20(24)19(13-17)21-5-3-4-10-26-21/h3-10,13,15,25H,11-12,14H2,1-2H3,(H,28,30)/t15-/m0/s1. The number of nitrogens with zero attached hydrogens (tertiary/aromatic N) is 3. The number of hydrogen-bond acceptors (Lipinski definition) is 5. The van der Waals surface area contributed by atoms with Crippen LogP contribution in [-0.2, 0) is 0 Å². The van der Waals surface area contributed by atoms with Crippen LogP contribution >= 0.6 is 11.6 Å². The molecule has 6 nitrogen and oxygen atoms in total. The predicted octanol–water partition coefficient (Wildman–Crippen LogP) is 4.16. The first-order valence-electron chi connectivity index (χ1n) is 9.99. The van der Waals surface area contributed by atoms with Crippen LogP contribution in [-0.4, -0.2) is 41.6 Å². The maximum Gasteiger partial charge on any atom is 0.257 e. The zero-order valence-corrected chi connectivity index (χ0v) is 17.8. The Balaban J connectivity index is 1.53. The quantitative estimate of drug-likeness (QED) is 0.662. The van der Waals surface area contributed by atoms with Crippen LogP contribution in [0.25, 0.3) is 11.3 Å². The van der Waals surface area contributed by atoms with Gasteiger partial charge in [0.25, 0.3) is 5.91 Å². The number of hydrogen-bond donors (Lipinski definition) is 2. The third-order valence-corrected chi connectivity index (χ3v) is 5.50. The smallest absolute Gasteiger partial charge is 0.257 e. The van der Waals surface area contributed by atoms with Crippen LogP contribution in [0.1, 0.15) is 23.0 Å². The van der Waals surface area contributed by atoms with Gasteiger partial charge in [-0.1, -0.05) is 17.7 Å². The van der Waals surface area contributed by atoms with E-state index in [0.717, 1.165) is 36.7 Å². The van der Waals surface area contributed by atoms with Crippen LogP contribution in [0.4, 0.5) is 11.5 Å². The van der Waals surface area contributed by atoms with E-state index in [1.807, 2.05) is 43.3 Å². The van der Waals surface area contributed by atoms with Crippen molar-refractivity contribution in [2.24, 2.45) is 0 Å². The van der Waals surface area contributed by atoms with Crippen molar-refractivity contribution in [1.29, 1.82) is 0 Å². The van der Waals surface area contributed by atoms with E-state index < -0.39 is 0 Å². The van der Waals surface area contributed by atoms with Gasteiger partial charge in [-0.05, 0) is 56.3 Å². The van der Waals surface area contributed by atoms with E-state index in [2.05, 4.69) is 32.4 Å². The molecule has 3 heterocycles. The lowest BCUT2D eigenvalue weighted by molar-refractivity contribution is 0.102. The fourth-order valence-electron chi connectivity index (χ4n) is 3.62. The van der Waals surface area contributed by atoms with Gasteiger partial charge in [0.2, 0.25) is 0 Å². The lowest BCUT2D eigenvalue weighted by Gasteiger charge is -2.33. The maximum absolute atomic E-state index is 12.9. The molecule has 0 aliphatic carbocycles. The Hall–Kier alpha value is -2.96. The molecule has 1 aliphatic rings. The summed E-state index contributed by atoms with van der Waals surface area (Å²) in [4.78, 5) is 24.2. The Morgan fingerprint density at radius 1 is 1.23 bits per heavy atom. The monoisotopic (exact) mass is 421 g/mol. The van der Waals surface area contributed by atoms with Crippen LogP contribution in [0.3, 0.4) is 0 Å². The van der Waals surface area contributed by atoms with Crippen molar-refractivity contribution in [3.05, 3.63) is 71.0 Å². The summed E-state index contributed by atoms with van der Waals surface area (Å²) in [7, 11) is 0. The highest BCUT2D eigenvalue weighted by molar-refractivity contribution is 6.33. The van der Waals surface area contributed by atoms with Crippen molar-refractivity contribution in [2.45, 2.75) is 19.9 Å². The molecule has 1 amide bonds. The van der Waals surface area contributed by atoms with Gasteiger partial charge in [0.15, 0.2) is 0 Å². The number of carbonyl (C=O) groups excluding carboxylic acids is 1. The molecule has 0 radical (unpaired) electrons. The average Bonchev–Trinajstić information content (AvgIpc) is 2.75. The normalized spacial score (nSPS) is 16.4. The van der Waals surface area contributed by atoms with Crippen LogP contribution < -0.4 is 15.5 Å². The molecule has 1 atom stereocenters. The van der Waals surface area contributed by atoms with Crippen molar-refractivity contribution in [2.75, 3.05) is 29.9 Å². The molecule has 1 saturated heterocycles. The van der Waals surface area contributed by atoms with Gasteiger partial charge < -0.3 is 15.5 Å². The lowest BCUT2D eigenvalue weighted by atomic mass is 10.1. The molecule has 4 rings (SSSR count). The first-order chi connectivity index (χ1) is 14.5. The van der Waals surface area contributed by atoms with Crippen molar-refractivity contribution in [1.82, 2.24) is 15.3 Å². The molecule has 2 aromatic heterocycles. The van der Waals surface area contributed by atoms with Crippen molar-refractivity contribution in [3.63, 3.8) is 0 Å². The molecule has 154 valence electrons. The predicted molar refractivity (Wildman–Crippen MR) is 121 cm³/mol. The number of nitrogens with one attached hydrogen (secondary N) is 2. The molecule has 30 heavy (non-hydrogen) atoms. The zero-order valence-electron chi connectivity index (χ0n) is 17.0. The van der Waals surface area contributed by atoms with Gasteiger partial charge in [0.05, 0.1) is 22.0 Å². The number of anilines is 2. The highest BCUT2D eigenvalue weighted by atomic mass is 35.5. The van der Waals surface area contributed by atoms with Crippen LogP contribution in [0.2, 0.25) is 5.02 Å². The Kier molecular flexibility index (Phi) is 5.97. The van der Waals surface area contributed by atoms with Crippen molar-refractivity contribution >= 4 is 29.0 Å². The van der Waals surface area contributed by atoms with E-state index in [-0.39, 0.29) is 5.91 Å². The molecule has 0 spiro atoms. The fourth-order valence-corrected chi connectivity index (χ4v) is 3.84. The minimum Gasteiger partial charge on any atom is -0.354 e. The Morgan fingerprint density at radius 3 is 2.83 bits per heavy atom. The fraction of sp³-hybridized carbons (Fsp3) is 0.261. The number of piperazine rings is 1. The van der Waals surface area contributed by atoms with Crippen molar-refractivity contribution in [3.8, 4) is 11.3 Å². The van der Waals surface area contributed by atoms with Gasteiger partial charge in [-0.25, -0.2) is 4.98 Å². The van der Waals surface area contributed by atoms with E-state index in [0.29, 0.717) is 28.0 Å². The third-order valence-electron chi connectivity index (χ3n) is 5.17. The van der Waals surface area contributed by atoms with E-state index in [9.17, 15) is 4.79 Å².